The molecule has 0 aliphatic heterocycles. The third kappa shape index (κ3) is 4.37. The zero-order valence-corrected chi connectivity index (χ0v) is 11.2. The molecule has 5 heteroatoms. The van der Waals surface area contributed by atoms with Crippen molar-refractivity contribution in [3.8, 4) is 0 Å². The lowest BCUT2D eigenvalue weighted by Crippen LogP contribution is -2.33. The highest BCUT2D eigenvalue weighted by atomic mass is 16.4. The molecule has 4 N–H and O–H groups in total. The maximum Gasteiger partial charge on any atom is 0.307 e. The van der Waals surface area contributed by atoms with Crippen LogP contribution in [0.2, 0.25) is 0 Å². The van der Waals surface area contributed by atoms with Crippen LogP contribution in [0.5, 0.6) is 0 Å². The van der Waals surface area contributed by atoms with Gasteiger partial charge in [-0.2, -0.15) is 0 Å². The van der Waals surface area contributed by atoms with Crippen LogP contribution in [0.4, 0.5) is 5.69 Å². The summed E-state index contributed by atoms with van der Waals surface area (Å²) in [6.07, 6.45) is -0.120. The minimum atomic E-state index is -0.930. The van der Waals surface area contributed by atoms with E-state index < -0.39 is 5.97 Å². The highest BCUT2D eigenvalue weighted by Crippen LogP contribution is 2.18. The van der Waals surface area contributed by atoms with Crippen LogP contribution in [0.25, 0.3) is 0 Å². The first-order valence-electron chi connectivity index (χ1n) is 6.26. The second kappa shape index (κ2) is 6.89. The van der Waals surface area contributed by atoms with Crippen LogP contribution in [0.15, 0.2) is 24.3 Å². The molecule has 0 spiro atoms. The predicted octanol–water partition coefficient (Wildman–Crippen LogP) is 1.48. The molecular weight excluding hydrogens is 244 g/mol. The number of rotatable bonds is 6. The molecule has 1 aromatic carbocycles. The third-order valence-electron chi connectivity index (χ3n) is 3.01. The van der Waals surface area contributed by atoms with Gasteiger partial charge in [0.05, 0.1) is 12.3 Å². The standard InChI is InChI=1S/C14H20N2O3/c1-9(2)11(8-15)14(19)16-12-6-4-3-5-10(12)7-13(17)18/h3-6,9,11H,7-8,15H2,1-2H3,(H,16,19)(H,17,18). The molecule has 1 amide bonds. The average molecular weight is 264 g/mol. The molecule has 19 heavy (non-hydrogen) atoms. The number of para-hydroxylation sites is 1. The molecular formula is C14H20N2O3. The zero-order valence-electron chi connectivity index (χ0n) is 11.2. The smallest absolute Gasteiger partial charge is 0.307 e. The summed E-state index contributed by atoms with van der Waals surface area (Å²) in [6.45, 7) is 4.13. The Balaban J connectivity index is 2.87. The number of carboxylic acids is 1. The molecule has 0 fully saturated rings. The molecule has 1 rings (SSSR count). The largest absolute Gasteiger partial charge is 0.481 e. The van der Waals surface area contributed by atoms with E-state index >= 15 is 0 Å². The van der Waals surface area contributed by atoms with E-state index in [0.29, 0.717) is 11.3 Å². The van der Waals surface area contributed by atoms with Crippen LogP contribution in [0, 0.1) is 11.8 Å². The maximum absolute atomic E-state index is 12.1. The summed E-state index contributed by atoms with van der Waals surface area (Å²) in [4.78, 5) is 22.9. The van der Waals surface area contributed by atoms with Gasteiger partial charge in [0.2, 0.25) is 5.91 Å². The van der Waals surface area contributed by atoms with Crippen LogP contribution in [-0.4, -0.2) is 23.5 Å². The van der Waals surface area contributed by atoms with E-state index in [0.717, 1.165) is 0 Å². The Kier molecular flexibility index (Phi) is 5.51. The second-order valence-corrected chi connectivity index (χ2v) is 4.80. The van der Waals surface area contributed by atoms with E-state index in [4.69, 9.17) is 10.8 Å². The summed E-state index contributed by atoms with van der Waals surface area (Å²) in [5.41, 5.74) is 6.71. The van der Waals surface area contributed by atoms with E-state index in [1.165, 1.54) is 0 Å². The summed E-state index contributed by atoms with van der Waals surface area (Å²) < 4.78 is 0. The number of nitrogens with two attached hydrogens (primary N) is 1. The van der Waals surface area contributed by atoms with Gasteiger partial charge < -0.3 is 16.2 Å². The molecule has 0 aromatic heterocycles. The monoisotopic (exact) mass is 264 g/mol. The molecule has 1 atom stereocenters. The Morgan fingerprint density at radius 2 is 1.95 bits per heavy atom. The summed E-state index contributed by atoms with van der Waals surface area (Å²) in [6, 6.07) is 6.89. The third-order valence-corrected chi connectivity index (χ3v) is 3.01. The lowest BCUT2D eigenvalue weighted by molar-refractivity contribution is -0.136. The minimum absolute atomic E-state index is 0.120. The Morgan fingerprint density at radius 3 is 2.47 bits per heavy atom. The van der Waals surface area contributed by atoms with Crippen molar-refractivity contribution in [2.45, 2.75) is 20.3 Å². The van der Waals surface area contributed by atoms with Gasteiger partial charge in [-0.05, 0) is 17.5 Å². The first-order chi connectivity index (χ1) is 8.95. The van der Waals surface area contributed by atoms with E-state index in [1.807, 2.05) is 13.8 Å². The molecule has 0 aliphatic carbocycles. The number of amides is 1. The Bertz CT molecular complexity index is 458. The van der Waals surface area contributed by atoms with Crippen LogP contribution in [-0.2, 0) is 16.0 Å². The van der Waals surface area contributed by atoms with E-state index in [-0.39, 0.29) is 30.7 Å². The van der Waals surface area contributed by atoms with Crippen molar-refractivity contribution >= 4 is 17.6 Å². The summed E-state index contributed by atoms with van der Waals surface area (Å²) in [5, 5.41) is 11.6. The lowest BCUT2D eigenvalue weighted by Gasteiger charge is -2.19. The molecule has 5 nitrogen and oxygen atoms in total. The zero-order chi connectivity index (χ0) is 14.4. The number of benzene rings is 1. The van der Waals surface area contributed by atoms with Crippen LogP contribution < -0.4 is 11.1 Å². The first kappa shape index (κ1) is 15.2. The summed E-state index contributed by atoms with van der Waals surface area (Å²) in [5.74, 6) is -1.24. The number of carbonyl (C=O) groups is 2. The maximum atomic E-state index is 12.1. The highest BCUT2D eigenvalue weighted by Gasteiger charge is 2.21. The molecule has 1 unspecified atom stereocenters. The Morgan fingerprint density at radius 1 is 1.32 bits per heavy atom. The quantitative estimate of drug-likeness (QED) is 0.725. The van der Waals surface area contributed by atoms with Crippen molar-refractivity contribution in [3.05, 3.63) is 29.8 Å². The van der Waals surface area contributed by atoms with Gasteiger partial charge in [-0.15, -0.1) is 0 Å². The SMILES string of the molecule is CC(C)C(CN)C(=O)Nc1ccccc1CC(=O)O. The van der Waals surface area contributed by atoms with Crippen LogP contribution in [0.1, 0.15) is 19.4 Å². The van der Waals surface area contributed by atoms with Crippen molar-refractivity contribution in [2.75, 3.05) is 11.9 Å². The highest BCUT2D eigenvalue weighted by molar-refractivity contribution is 5.94. The number of hydrogen-bond donors (Lipinski definition) is 3. The van der Waals surface area contributed by atoms with Gasteiger partial charge in [-0.3, -0.25) is 9.59 Å². The number of nitrogens with one attached hydrogen (secondary N) is 1. The molecule has 0 aliphatic rings. The number of hydrogen-bond acceptors (Lipinski definition) is 3. The summed E-state index contributed by atoms with van der Waals surface area (Å²) in [7, 11) is 0. The fourth-order valence-electron chi connectivity index (χ4n) is 1.87. The number of anilines is 1. The van der Waals surface area contributed by atoms with Gasteiger partial charge in [0.1, 0.15) is 0 Å². The molecule has 1 aromatic rings. The Hall–Kier alpha value is -1.88. The minimum Gasteiger partial charge on any atom is -0.481 e. The summed E-state index contributed by atoms with van der Waals surface area (Å²) >= 11 is 0. The van der Waals surface area contributed by atoms with Crippen molar-refractivity contribution in [2.24, 2.45) is 17.6 Å². The van der Waals surface area contributed by atoms with Gasteiger partial charge in [0, 0.05) is 12.2 Å². The lowest BCUT2D eigenvalue weighted by atomic mass is 9.95. The Labute approximate surface area is 112 Å². The number of aliphatic carboxylic acids is 1. The molecule has 0 saturated carbocycles. The first-order valence-corrected chi connectivity index (χ1v) is 6.26. The number of carboxylic acid groups (broad SMARTS) is 1. The van der Waals surface area contributed by atoms with Gasteiger partial charge in [-0.1, -0.05) is 32.0 Å². The van der Waals surface area contributed by atoms with Crippen LogP contribution in [0.3, 0.4) is 0 Å². The topological polar surface area (TPSA) is 92.4 Å². The van der Waals surface area contributed by atoms with Crippen molar-refractivity contribution < 1.29 is 14.7 Å². The molecule has 0 saturated heterocycles. The number of carbonyl (C=O) groups excluding carboxylic acids is 1. The molecule has 0 radical (unpaired) electrons. The second-order valence-electron chi connectivity index (χ2n) is 4.80. The van der Waals surface area contributed by atoms with Crippen LogP contribution >= 0.6 is 0 Å². The van der Waals surface area contributed by atoms with Gasteiger partial charge >= 0.3 is 5.97 Å². The predicted molar refractivity (Wildman–Crippen MR) is 73.8 cm³/mol. The molecule has 0 heterocycles. The molecule has 0 bridgehead atoms. The van der Waals surface area contributed by atoms with Gasteiger partial charge in [0.15, 0.2) is 0 Å². The van der Waals surface area contributed by atoms with Crippen molar-refractivity contribution in [1.29, 1.82) is 0 Å². The van der Waals surface area contributed by atoms with Crippen molar-refractivity contribution in [1.82, 2.24) is 0 Å². The van der Waals surface area contributed by atoms with E-state index in [1.54, 1.807) is 24.3 Å². The van der Waals surface area contributed by atoms with E-state index in [9.17, 15) is 9.59 Å². The van der Waals surface area contributed by atoms with Gasteiger partial charge in [0.25, 0.3) is 0 Å². The fourth-order valence-corrected chi connectivity index (χ4v) is 1.87. The van der Waals surface area contributed by atoms with Crippen molar-refractivity contribution in [3.63, 3.8) is 0 Å². The normalized spacial score (nSPS) is 12.2. The van der Waals surface area contributed by atoms with E-state index in [2.05, 4.69) is 5.32 Å². The average Bonchev–Trinajstić information content (AvgIpc) is 2.31. The fraction of sp³-hybridized carbons (Fsp3) is 0.429. The molecule has 104 valence electrons. The van der Waals surface area contributed by atoms with Gasteiger partial charge in [-0.25, -0.2) is 0 Å².